The molecule has 1 amide bonds. The Hall–Kier alpha value is -3.16. The van der Waals surface area contributed by atoms with Crippen molar-refractivity contribution < 1.29 is 23.6 Å². The minimum atomic E-state index is -1.38. The summed E-state index contributed by atoms with van der Waals surface area (Å²) in [4.78, 5) is 11.4. The lowest BCUT2D eigenvalue weighted by atomic mass is 10.1. The molecular weight excluding hydrogens is 402 g/mol. The molecule has 3 aromatic carbocycles. The Balaban J connectivity index is 1.31. The molecule has 1 fully saturated rings. The fourth-order valence-corrected chi connectivity index (χ4v) is 4.78. The zero-order valence-corrected chi connectivity index (χ0v) is 16.8. The van der Waals surface area contributed by atoms with Gasteiger partial charge >= 0.3 is 0 Å². The van der Waals surface area contributed by atoms with Gasteiger partial charge in [0.1, 0.15) is 18.1 Å². The minimum absolute atomic E-state index is 0.188. The Bertz CT molecular complexity index is 1060. The summed E-state index contributed by atoms with van der Waals surface area (Å²) in [7, 11) is 0. The first kappa shape index (κ1) is 18.8. The van der Waals surface area contributed by atoms with Crippen LogP contribution in [-0.2, 0) is 16.2 Å². The van der Waals surface area contributed by atoms with Gasteiger partial charge in [0.15, 0.2) is 22.9 Å². The zero-order valence-electron chi connectivity index (χ0n) is 15.9. The highest BCUT2D eigenvalue weighted by Gasteiger charge is 2.37. The molecule has 0 aliphatic carbocycles. The number of ether oxygens (including phenoxy) is 3. The average molecular weight is 421 g/mol. The average Bonchev–Trinajstić information content (AvgIpc) is 3.32. The smallest absolute Gasteiger partial charge is 0.266 e. The summed E-state index contributed by atoms with van der Waals surface area (Å²) in [5.74, 6) is 2.58. The van der Waals surface area contributed by atoms with Gasteiger partial charge in [-0.2, -0.15) is 4.72 Å². The van der Waals surface area contributed by atoms with Crippen molar-refractivity contribution in [3.05, 3.63) is 83.9 Å². The maximum absolute atomic E-state index is 12.0. The van der Waals surface area contributed by atoms with Crippen LogP contribution in [0.2, 0.25) is 0 Å². The van der Waals surface area contributed by atoms with Gasteiger partial charge in [0, 0.05) is 11.1 Å². The van der Waals surface area contributed by atoms with Crippen LogP contribution < -0.4 is 18.9 Å². The SMILES string of the molecule is O=C1CC(c2ccc(O[C@@H]3COc4c(Oc5ccccc5)cccc43)cc2)[S+]([O-])N1. The van der Waals surface area contributed by atoms with Crippen LogP contribution in [0.25, 0.3) is 0 Å². The van der Waals surface area contributed by atoms with E-state index in [2.05, 4.69) is 4.72 Å². The molecule has 3 aromatic rings. The van der Waals surface area contributed by atoms with E-state index in [1.165, 1.54) is 0 Å². The first-order chi connectivity index (χ1) is 14.7. The number of rotatable bonds is 5. The van der Waals surface area contributed by atoms with Crippen molar-refractivity contribution in [1.29, 1.82) is 0 Å². The van der Waals surface area contributed by atoms with Gasteiger partial charge < -0.3 is 18.8 Å². The molecule has 152 valence electrons. The number of hydrogen-bond acceptors (Lipinski definition) is 5. The van der Waals surface area contributed by atoms with E-state index in [-0.39, 0.29) is 23.7 Å². The van der Waals surface area contributed by atoms with E-state index in [9.17, 15) is 9.35 Å². The van der Waals surface area contributed by atoms with Gasteiger partial charge in [-0.3, -0.25) is 4.79 Å². The molecule has 7 heteroatoms. The quantitative estimate of drug-likeness (QED) is 0.624. The van der Waals surface area contributed by atoms with Crippen LogP contribution in [-0.4, -0.2) is 17.1 Å². The third-order valence-electron chi connectivity index (χ3n) is 5.08. The van der Waals surface area contributed by atoms with Crippen LogP contribution in [0.1, 0.15) is 28.9 Å². The second-order valence-corrected chi connectivity index (χ2v) is 8.46. The second-order valence-electron chi connectivity index (χ2n) is 7.09. The van der Waals surface area contributed by atoms with Crippen molar-refractivity contribution in [2.45, 2.75) is 17.8 Å². The first-order valence-corrected chi connectivity index (χ1v) is 10.8. The van der Waals surface area contributed by atoms with Crippen LogP contribution in [0.15, 0.2) is 72.8 Å². The molecule has 5 rings (SSSR count). The van der Waals surface area contributed by atoms with Crippen LogP contribution in [0.3, 0.4) is 0 Å². The molecule has 0 aromatic heterocycles. The summed E-state index contributed by atoms with van der Waals surface area (Å²) < 4.78 is 32.4. The molecule has 2 heterocycles. The van der Waals surface area contributed by atoms with Crippen molar-refractivity contribution >= 4 is 17.3 Å². The molecule has 3 atom stereocenters. The Morgan fingerprint density at radius 1 is 0.967 bits per heavy atom. The van der Waals surface area contributed by atoms with E-state index in [0.29, 0.717) is 23.9 Å². The molecule has 0 bridgehead atoms. The summed E-state index contributed by atoms with van der Waals surface area (Å²) in [6.07, 6.45) is -0.0186. The predicted molar refractivity (Wildman–Crippen MR) is 112 cm³/mol. The van der Waals surface area contributed by atoms with Gasteiger partial charge in [-0.1, -0.05) is 42.5 Å². The highest BCUT2D eigenvalue weighted by Crippen LogP contribution is 2.43. The lowest BCUT2D eigenvalue weighted by Gasteiger charge is -2.15. The molecule has 0 spiro atoms. The van der Waals surface area contributed by atoms with Crippen LogP contribution >= 0.6 is 0 Å². The largest absolute Gasteiger partial charge is 0.593 e. The highest BCUT2D eigenvalue weighted by atomic mass is 32.2. The molecule has 6 nitrogen and oxygen atoms in total. The molecule has 2 aliphatic rings. The van der Waals surface area contributed by atoms with Crippen molar-refractivity contribution in [1.82, 2.24) is 4.72 Å². The lowest BCUT2D eigenvalue weighted by Crippen LogP contribution is -2.21. The maximum atomic E-state index is 12.0. The second kappa shape index (κ2) is 7.93. The normalized spacial score (nSPS) is 22.2. The fraction of sp³-hybridized carbons (Fsp3) is 0.174. The number of nitrogens with one attached hydrogen (secondary N) is 1. The maximum Gasteiger partial charge on any atom is 0.266 e. The third kappa shape index (κ3) is 3.69. The molecule has 30 heavy (non-hydrogen) atoms. The standard InChI is InChI=1S/C23H19NO5S/c25-22-13-21(30(26)24-22)15-9-11-17(12-10-15)29-20-14-27-23-18(20)7-4-8-19(23)28-16-5-2-1-3-6-16/h1-12,20-21H,13-14H2,(H,24,25)/t20-,21?,30?/m1/s1. The predicted octanol–water partition coefficient (Wildman–Crippen LogP) is 4.22. The minimum Gasteiger partial charge on any atom is -0.593 e. The van der Waals surface area contributed by atoms with Crippen molar-refractivity contribution in [3.63, 3.8) is 0 Å². The Morgan fingerprint density at radius 3 is 2.50 bits per heavy atom. The summed E-state index contributed by atoms with van der Waals surface area (Å²) in [5, 5.41) is -0.320. The van der Waals surface area contributed by atoms with E-state index in [1.54, 1.807) is 0 Å². The lowest BCUT2D eigenvalue weighted by molar-refractivity contribution is -0.118. The van der Waals surface area contributed by atoms with E-state index in [0.717, 1.165) is 16.9 Å². The summed E-state index contributed by atoms with van der Waals surface area (Å²) in [5.41, 5.74) is 1.78. The summed E-state index contributed by atoms with van der Waals surface area (Å²) in [6.45, 7) is 0.386. The van der Waals surface area contributed by atoms with Gasteiger partial charge in [-0.15, -0.1) is 0 Å². The molecule has 0 saturated carbocycles. The van der Waals surface area contributed by atoms with Gasteiger partial charge in [0.05, 0.1) is 17.8 Å². The highest BCUT2D eigenvalue weighted by molar-refractivity contribution is 7.90. The van der Waals surface area contributed by atoms with Crippen molar-refractivity contribution in [2.75, 3.05) is 6.61 Å². The Kier molecular flexibility index (Phi) is 4.98. The number of carbonyl (C=O) groups is 1. The Labute approximate surface area is 177 Å². The topological polar surface area (TPSA) is 79.9 Å². The number of benzene rings is 3. The molecular formula is C23H19NO5S. The Morgan fingerprint density at radius 2 is 1.77 bits per heavy atom. The fourth-order valence-electron chi connectivity index (χ4n) is 3.62. The first-order valence-electron chi connectivity index (χ1n) is 9.62. The van der Waals surface area contributed by atoms with Gasteiger partial charge in [-0.05, 0) is 30.3 Å². The monoisotopic (exact) mass is 421 g/mol. The van der Waals surface area contributed by atoms with Crippen LogP contribution in [0.5, 0.6) is 23.0 Å². The zero-order chi connectivity index (χ0) is 20.5. The molecule has 1 N–H and O–H groups in total. The third-order valence-corrected chi connectivity index (χ3v) is 6.46. The summed E-state index contributed by atoms with van der Waals surface area (Å²) in [6, 6.07) is 22.7. The summed E-state index contributed by atoms with van der Waals surface area (Å²) >= 11 is -1.38. The molecule has 0 radical (unpaired) electrons. The van der Waals surface area contributed by atoms with Crippen LogP contribution in [0.4, 0.5) is 0 Å². The van der Waals surface area contributed by atoms with Gasteiger partial charge in [0.2, 0.25) is 0 Å². The van der Waals surface area contributed by atoms with E-state index in [4.69, 9.17) is 14.2 Å². The van der Waals surface area contributed by atoms with Gasteiger partial charge in [-0.25, -0.2) is 0 Å². The van der Waals surface area contributed by atoms with Crippen LogP contribution in [0, 0.1) is 0 Å². The number of amides is 1. The molecule has 2 aliphatic heterocycles. The molecule has 2 unspecified atom stereocenters. The number of fused-ring (bicyclic) bond motifs is 1. The molecule has 1 saturated heterocycles. The van der Waals surface area contributed by atoms with E-state index >= 15 is 0 Å². The number of para-hydroxylation sites is 2. The van der Waals surface area contributed by atoms with Gasteiger partial charge in [0.25, 0.3) is 5.91 Å². The van der Waals surface area contributed by atoms with E-state index < -0.39 is 11.4 Å². The number of carbonyl (C=O) groups excluding carboxylic acids is 1. The van der Waals surface area contributed by atoms with E-state index in [1.807, 2.05) is 72.8 Å². The number of hydrogen-bond donors (Lipinski definition) is 1. The van der Waals surface area contributed by atoms with Crippen molar-refractivity contribution in [3.8, 4) is 23.0 Å². The van der Waals surface area contributed by atoms with Crippen molar-refractivity contribution in [2.24, 2.45) is 0 Å².